The fourth-order valence-corrected chi connectivity index (χ4v) is 2.76. The predicted octanol–water partition coefficient (Wildman–Crippen LogP) is 6.79. The second kappa shape index (κ2) is 16.7. The van der Waals surface area contributed by atoms with Gasteiger partial charge in [0.1, 0.15) is 5.78 Å². The Hall–Kier alpha value is -0.330. The molecule has 1 aliphatic rings. The summed E-state index contributed by atoms with van der Waals surface area (Å²) < 4.78 is 0. The zero-order valence-electron chi connectivity index (χ0n) is 15.1. The first-order valence-corrected chi connectivity index (χ1v) is 9.20. The van der Waals surface area contributed by atoms with Crippen molar-refractivity contribution in [3.8, 4) is 0 Å². The highest BCUT2D eigenvalue weighted by atomic mass is 16.1. The van der Waals surface area contributed by atoms with Crippen molar-refractivity contribution in [2.24, 2.45) is 11.8 Å². The van der Waals surface area contributed by atoms with Gasteiger partial charge < -0.3 is 0 Å². The third-order valence-corrected chi connectivity index (χ3v) is 3.80. The van der Waals surface area contributed by atoms with Crippen molar-refractivity contribution in [2.45, 2.75) is 106 Å². The van der Waals surface area contributed by atoms with Gasteiger partial charge in [0.05, 0.1) is 0 Å². The Balaban J connectivity index is 0. The van der Waals surface area contributed by atoms with E-state index in [2.05, 4.69) is 13.8 Å². The fourth-order valence-electron chi connectivity index (χ4n) is 2.76. The molecule has 20 heavy (non-hydrogen) atoms. The lowest BCUT2D eigenvalue weighted by Crippen LogP contribution is -2.09. The van der Waals surface area contributed by atoms with Crippen molar-refractivity contribution in [3.05, 3.63) is 0 Å². The summed E-state index contributed by atoms with van der Waals surface area (Å²) in [5.41, 5.74) is 0. The van der Waals surface area contributed by atoms with Crippen molar-refractivity contribution in [3.63, 3.8) is 0 Å². The minimum absolute atomic E-state index is 0.499. The first-order valence-electron chi connectivity index (χ1n) is 9.20. The van der Waals surface area contributed by atoms with Crippen molar-refractivity contribution in [2.75, 3.05) is 0 Å². The van der Waals surface area contributed by atoms with Gasteiger partial charge >= 0.3 is 0 Å². The predicted molar refractivity (Wildman–Crippen MR) is 92.2 cm³/mol. The highest BCUT2D eigenvalue weighted by Gasteiger charge is 2.13. The van der Waals surface area contributed by atoms with E-state index in [1.165, 1.54) is 51.4 Å². The van der Waals surface area contributed by atoms with Gasteiger partial charge in [-0.2, -0.15) is 0 Å². The van der Waals surface area contributed by atoms with E-state index in [1.807, 2.05) is 27.7 Å². The molecule has 122 valence electrons. The molecule has 0 spiro atoms. The highest BCUT2D eigenvalue weighted by molar-refractivity contribution is 5.78. The summed E-state index contributed by atoms with van der Waals surface area (Å²) in [6.07, 6.45) is 12.3. The molecule has 0 aromatic rings. The molecule has 0 heterocycles. The van der Waals surface area contributed by atoms with E-state index in [9.17, 15) is 4.79 Å². The summed E-state index contributed by atoms with van der Waals surface area (Å²) in [5, 5.41) is 0. The van der Waals surface area contributed by atoms with Crippen LogP contribution in [0.15, 0.2) is 0 Å². The number of Topliss-reactive ketones (excluding diaryl/α,β-unsaturated/α-hetero) is 1. The van der Waals surface area contributed by atoms with Gasteiger partial charge in [0, 0.05) is 12.8 Å². The second-order valence-electron chi connectivity index (χ2n) is 5.86. The van der Waals surface area contributed by atoms with Gasteiger partial charge in [0.25, 0.3) is 0 Å². The lowest BCUT2D eigenvalue weighted by atomic mass is 9.92. The molecular formula is C19H40O. The summed E-state index contributed by atoms with van der Waals surface area (Å²) in [6, 6.07) is 0. The van der Waals surface area contributed by atoms with Crippen LogP contribution in [0.3, 0.4) is 0 Å². The topological polar surface area (TPSA) is 17.1 Å². The maximum absolute atomic E-state index is 11.8. The Bertz CT molecular complexity index is 178. The van der Waals surface area contributed by atoms with Crippen LogP contribution in [0.4, 0.5) is 0 Å². The number of hydrogen-bond donors (Lipinski definition) is 0. The smallest absolute Gasteiger partial charge is 0.133 e. The van der Waals surface area contributed by atoms with Crippen LogP contribution in [0.1, 0.15) is 106 Å². The summed E-state index contributed by atoms with van der Waals surface area (Å²) >= 11 is 0. The summed E-state index contributed by atoms with van der Waals surface area (Å²) in [7, 11) is 0. The Labute approximate surface area is 128 Å². The van der Waals surface area contributed by atoms with Crippen LogP contribution in [0.25, 0.3) is 0 Å². The van der Waals surface area contributed by atoms with Crippen molar-refractivity contribution in [1.29, 1.82) is 0 Å². The third kappa shape index (κ3) is 14.1. The fraction of sp³-hybridized carbons (Fsp3) is 0.947. The number of ketones is 1. The zero-order chi connectivity index (χ0) is 15.8. The van der Waals surface area contributed by atoms with Crippen molar-refractivity contribution in [1.82, 2.24) is 0 Å². The van der Waals surface area contributed by atoms with Crippen LogP contribution in [-0.4, -0.2) is 5.78 Å². The molecular weight excluding hydrogens is 244 g/mol. The van der Waals surface area contributed by atoms with E-state index in [0.717, 1.165) is 12.8 Å². The van der Waals surface area contributed by atoms with Crippen LogP contribution in [0.2, 0.25) is 0 Å². The Morgan fingerprint density at radius 1 is 0.650 bits per heavy atom. The monoisotopic (exact) mass is 284 g/mol. The summed E-state index contributed by atoms with van der Waals surface area (Å²) in [4.78, 5) is 11.8. The minimum Gasteiger partial charge on any atom is -0.300 e. The highest BCUT2D eigenvalue weighted by Crippen LogP contribution is 2.21. The summed E-state index contributed by atoms with van der Waals surface area (Å²) in [5.74, 6) is 1.72. The van der Waals surface area contributed by atoms with Crippen LogP contribution < -0.4 is 0 Å². The normalized spacial score (nSPS) is 25.6. The van der Waals surface area contributed by atoms with Crippen molar-refractivity contribution < 1.29 is 4.79 Å². The van der Waals surface area contributed by atoms with Crippen LogP contribution in [-0.2, 0) is 4.79 Å². The van der Waals surface area contributed by atoms with Gasteiger partial charge in [-0.15, -0.1) is 0 Å². The molecule has 1 fully saturated rings. The molecule has 1 aliphatic carbocycles. The lowest BCUT2D eigenvalue weighted by Gasteiger charge is -2.12. The maximum atomic E-state index is 11.8. The van der Waals surface area contributed by atoms with Gasteiger partial charge in [0.15, 0.2) is 0 Å². The molecule has 1 saturated carbocycles. The van der Waals surface area contributed by atoms with E-state index in [4.69, 9.17) is 0 Å². The number of carbonyl (C=O) groups is 1. The van der Waals surface area contributed by atoms with E-state index in [0.29, 0.717) is 17.6 Å². The number of hydrogen-bond acceptors (Lipinski definition) is 1. The molecule has 0 aliphatic heterocycles. The second-order valence-corrected chi connectivity index (χ2v) is 5.86. The van der Waals surface area contributed by atoms with Gasteiger partial charge in [-0.25, -0.2) is 0 Å². The van der Waals surface area contributed by atoms with Gasteiger partial charge in [-0.05, 0) is 11.8 Å². The van der Waals surface area contributed by atoms with Crippen molar-refractivity contribution >= 4 is 5.78 Å². The average molecular weight is 285 g/mol. The molecule has 0 saturated heterocycles. The van der Waals surface area contributed by atoms with Gasteiger partial charge in [-0.3, -0.25) is 4.79 Å². The van der Waals surface area contributed by atoms with Crippen LogP contribution in [0, 0.1) is 11.8 Å². The molecule has 0 amide bonds. The van der Waals surface area contributed by atoms with E-state index in [-0.39, 0.29) is 0 Å². The minimum atomic E-state index is 0.499. The Morgan fingerprint density at radius 3 is 1.30 bits per heavy atom. The van der Waals surface area contributed by atoms with Crippen LogP contribution in [0.5, 0.6) is 0 Å². The largest absolute Gasteiger partial charge is 0.300 e. The van der Waals surface area contributed by atoms with E-state index in [1.54, 1.807) is 0 Å². The molecule has 0 N–H and O–H groups in total. The lowest BCUT2D eigenvalue weighted by molar-refractivity contribution is -0.120. The third-order valence-electron chi connectivity index (χ3n) is 3.80. The first kappa shape index (κ1) is 22.0. The SMILES string of the molecule is CC.CC.CC1CCCCCCCCC(C)CC(=O)C1. The standard InChI is InChI=1S/C15H28O.2C2H6/c1-13-9-7-5-3-4-6-8-10-14(2)12-15(16)11-13;2*1-2/h13-14H,3-12H2,1-2H3;2*1-2H3. The Morgan fingerprint density at radius 2 is 0.950 bits per heavy atom. The maximum Gasteiger partial charge on any atom is 0.133 e. The molecule has 2 atom stereocenters. The average Bonchev–Trinajstić information content (AvgIpc) is 2.46. The molecule has 0 bridgehead atoms. The van der Waals surface area contributed by atoms with E-state index < -0.39 is 0 Å². The number of rotatable bonds is 0. The Kier molecular flexibility index (Phi) is 18.4. The zero-order valence-corrected chi connectivity index (χ0v) is 15.1. The number of carbonyl (C=O) groups excluding carboxylic acids is 1. The molecule has 0 aromatic heterocycles. The molecule has 0 radical (unpaired) electrons. The molecule has 1 nitrogen and oxygen atoms in total. The quantitative estimate of drug-likeness (QED) is 0.478. The molecule has 1 rings (SSSR count). The summed E-state index contributed by atoms with van der Waals surface area (Å²) in [6.45, 7) is 12.5. The van der Waals surface area contributed by atoms with Gasteiger partial charge in [-0.1, -0.05) is 92.9 Å². The van der Waals surface area contributed by atoms with Gasteiger partial charge in [0.2, 0.25) is 0 Å². The molecule has 2 unspecified atom stereocenters. The van der Waals surface area contributed by atoms with E-state index >= 15 is 0 Å². The molecule has 0 aromatic carbocycles. The molecule has 1 heteroatoms. The van der Waals surface area contributed by atoms with Crippen LogP contribution >= 0.6 is 0 Å². The first-order chi connectivity index (χ1) is 9.68.